The molecule has 2 rings (SSSR count). The Morgan fingerprint density at radius 2 is 1.90 bits per heavy atom. The quantitative estimate of drug-likeness (QED) is 0.828. The molecule has 0 atom stereocenters. The van der Waals surface area contributed by atoms with E-state index in [4.69, 9.17) is 29.6 Å². The highest BCUT2D eigenvalue weighted by Crippen LogP contribution is 2.38. The van der Waals surface area contributed by atoms with Crippen LogP contribution in [0, 0.1) is 17.0 Å². The monoisotopic (exact) mass is 332 g/mol. The van der Waals surface area contributed by atoms with E-state index in [-0.39, 0.29) is 15.7 Å². The van der Waals surface area contributed by atoms with Gasteiger partial charge in [0.05, 0.1) is 21.1 Å². The van der Waals surface area contributed by atoms with Gasteiger partial charge in [-0.2, -0.15) is 0 Å². The lowest BCUT2D eigenvalue weighted by Gasteiger charge is -2.34. The lowest BCUT2D eigenvalue weighted by molar-refractivity contribution is -0.123. The molecule has 0 bridgehead atoms. The van der Waals surface area contributed by atoms with Crippen molar-refractivity contribution in [3.63, 3.8) is 0 Å². The van der Waals surface area contributed by atoms with Crippen LogP contribution in [-0.2, 0) is 4.79 Å². The molecule has 3 N–H and O–H groups in total. The summed E-state index contributed by atoms with van der Waals surface area (Å²) in [6.07, 6.45) is 3.70. The Bertz CT molecular complexity index is 565. The van der Waals surface area contributed by atoms with Gasteiger partial charge in [-0.25, -0.2) is 8.78 Å². The van der Waals surface area contributed by atoms with Crippen molar-refractivity contribution >= 4 is 40.4 Å². The second-order valence-corrected chi connectivity index (χ2v) is 6.05. The third kappa shape index (κ3) is 3.16. The van der Waals surface area contributed by atoms with Crippen LogP contribution in [0.2, 0.25) is 5.02 Å². The van der Waals surface area contributed by atoms with E-state index in [1.807, 2.05) is 0 Å². The van der Waals surface area contributed by atoms with Crippen molar-refractivity contribution in [2.24, 2.45) is 11.1 Å². The van der Waals surface area contributed by atoms with Crippen LogP contribution in [0.25, 0.3) is 0 Å². The number of carbonyl (C=O) groups is 1. The maximum atomic E-state index is 13.8. The number of halogens is 3. The number of thiocarbonyl (C=S) groups is 1. The smallest absolute Gasteiger partial charge is 0.237 e. The molecule has 0 spiro atoms. The Hall–Kier alpha value is -1.27. The number of benzene rings is 1. The highest BCUT2D eigenvalue weighted by Gasteiger charge is 2.42. The largest absolute Gasteiger partial charge is 0.392 e. The summed E-state index contributed by atoms with van der Waals surface area (Å²) < 4.78 is 26.8. The Kier molecular flexibility index (Phi) is 4.78. The number of hydrogen-bond acceptors (Lipinski definition) is 2. The summed E-state index contributed by atoms with van der Waals surface area (Å²) >= 11 is 10.8. The summed E-state index contributed by atoms with van der Waals surface area (Å²) in [5, 5.41) is 2.22. The molecule has 0 radical (unpaired) electrons. The zero-order valence-corrected chi connectivity index (χ0v) is 12.8. The van der Waals surface area contributed by atoms with Crippen LogP contribution >= 0.6 is 23.8 Å². The first-order chi connectivity index (χ1) is 9.86. The molecule has 0 aliphatic heterocycles. The average molecular weight is 333 g/mol. The van der Waals surface area contributed by atoms with Crippen molar-refractivity contribution in [3.8, 4) is 0 Å². The molecular weight excluding hydrogens is 318 g/mol. The normalized spacial score (nSPS) is 17.3. The van der Waals surface area contributed by atoms with Crippen molar-refractivity contribution in [3.05, 3.63) is 28.8 Å². The summed E-state index contributed by atoms with van der Waals surface area (Å²) in [5.74, 6) is -2.22. The van der Waals surface area contributed by atoms with Gasteiger partial charge in [-0.15, -0.1) is 0 Å². The minimum Gasteiger partial charge on any atom is -0.392 e. The Labute approximate surface area is 131 Å². The third-order valence-electron chi connectivity index (χ3n) is 3.86. The Morgan fingerprint density at radius 3 is 2.43 bits per heavy atom. The molecule has 1 saturated carbocycles. The van der Waals surface area contributed by atoms with E-state index in [1.54, 1.807) is 0 Å². The fourth-order valence-corrected chi connectivity index (χ4v) is 3.17. The van der Waals surface area contributed by atoms with Crippen LogP contribution in [0.1, 0.15) is 32.1 Å². The Morgan fingerprint density at radius 1 is 1.29 bits per heavy atom. The average Bonchev–Trinajstić information content (AvgIpc) is 2.43. The molecular formula is C14H15ClF2N2OS. The highest BCUT2D eigenvalue weighted by molar-refractivity contribution is 7.80. The van der Waals surface area contributed by atoms with E-state index in [1.165, 1.54) is 0 Å². The fraction of sp³-hybridized carbons (Fsp3) is 0.429. The van der Waals surface area contributed by atoms with Crippen molar-refractivity contribution in [2.45, 2.75) is 32.1 Å². The van der Waals surface area contributed by atoms with E-state index in [2.05, 4.69) is 5.32 Å². The zero-order valence-electron chi connectivity index (χ0n) is 11.2. The molecule has 0 aromatic heterocycles. The maximum absolute atomic E-state index is 13.8. The minimum absolute atomic E-state index is 0.0957. The third-order valence-corrected chi connectivity index (χ3v) is 4.55. The number of nitrogens with two attached hydrogens (primary N) is 1. The van der Waals surface area contributed by atoms with Gasteiger partial charge in [0.15, 0.2) is 5.82 Å². The number of carbonyl (C=O) groups excluding carboxylic acids is 1. The molecule has 1 aliphatic carbocycles. The molecule has 1 aromatic carbocycles. The Balaban J connectivity index is 2.30. The van der Waals surface area contributed by atoms with Crippen LogP contribution in [0.4, 0.5) is 14.5 Å². The van der Waals surface area contributed by atoms with Gasteiger partial charge in [-0.3, -0.25) is 4.79 Å². The molecule has 1 amide bonds. The van der Waals surface area contributed by atoms with Crippen LogP contribution in [0.15, 0.2) is 12.1 Å². The standard InChI is InChI=1S/C14H15ClF2N2OS/c15-9-6-8(16)7-10(17)11(9)19-13(20)14(12(18)21)4-2-1-3-5-14/h6-7H,1-5H2,(H2,18,21)(H,19,20). The number of anilines is 1. The molecule has 0 heterocycles. The number of hydrogen-bond donors (Lipinski definition) is 2. The predicted molar refractivity (Wildman–Crippen MR) is 82.3 cm³/mol. The van der Waals surface area contributed by atoms with Crippen LogP contribution in [0.5, 0.6) is 0 Å². The van der Waals surface area contributed by atoms with Gasteiger partial charge >= 0.3 is 0 Å². The van der Waals surface area contributed by atoms with Gasteiger partial charge in [-0.05, 0) is 18.9 Å². The topological polar surface area (TPSA) is 55.1 Å². The summed E-state index contributed by atoms with van der Waals surface area (Å²) in [5.41, 5.74) is 4.51. The van der Waals surface area contributed by atoms with E-state index in [9.17, 15) is 13.6 Å². The van der Waals surface area contributed by atoms with E-state index >= 15 is 0 Å². The van der Waals surface area contributed by atoms with Gasteiger partial charge in [0, 0.05) is 6.07 Å². The summed E-state index contributed by atoms with van der Waals surface area (Å²) in [6.45, 7) is 0. The van der Waals surface area contributed by atoms with Crippen molar-refractivity contribution in [2.75, 3.05) is 5.32 Å². The van der Waals surface area contributed by atoms with Crippen LogP contribution < -0.4 is 11.1 Å². The molecule has 1 aliphatic rings. The van der Waals surface area contributed by atoms with Crippen molar-refractivity contribution < 1.29 is 13.6 Å². The molecule has 0 saturated heterocycles. The number of rotatable bonds is 3. The molecule has 3 nitrogen and oxygen atoms in total. The summed E-state index contributed by atoms with van der Waals surface area (Å²) in [7, 11) is 0. The van der Waals surface area contributed by atoms with Gasteiger partial charge in [-0.1, -0.05) is 43.1 Å². The molecule has 1 aromatic rings. The second-order valence-electron chi connectivity index (χ2n) is 5.21. The van der Waals surface area contributed by atoms with Crippen LogP contribution in [0.3, 0.4) is 0 Å². The minimum atomic E-state index is -0.988. The number of nitrogens with one attached hydrogen (secondary N) is 1. The molecule has 7 heteroatoms. The lowest BCUT2D eigenvalue weighted by Crippen LogP contribution is -2.47. The van der Waals surface area contributed by atoms with Gasteiger partial charge in [0.25, 0.3) is 0 Å². The number of amides is 1. The first-order valence-electron chi connectivity index (χ1n) is 6.63. The molecule has 0 unspecified atom stereocenters. The van der Waals surface area contributed by atoms with Gasteiger partial charge < -0.3 is 11.1 Å². The fourth-order valence-electron chi connectivity index (χ4n) is 2.64. The zero-order chi connectivity index (χ0) is 15.6. The van der Waals surface area contributed by atoms with E-state index in [0.29, 0.717) is 18.9 Å². The van der Waals surface area contributed by atoms with Gasteiger partial charge in [0.1, 0.15) is 5.82 Å². The van der Waals surface area contributed by atoms with Crippen molar-refractivity contribution in [1.29, 1.82) is 0 Å². The molecule has 114 valence electrons. The second kappa shape index (κ2) is 6.23. The SMILES string of the molecule is NC(=S)C1(C(=O)Nc2c(F)cc(F)cc2Cl)CCCCC1. The maximum Gasteiger partial charge on any atom is 0.237 e. The van der Waals surface area contributed by atoms with Gasteiger partial charge in [0.2, 0.25) is 5.91 Å². The van der Waals surface area contributed by atoms with E-state index < -0.39 is 23.0 Å². The molecule has 21 heavy (non-hydrogen) atoms. The summed E-state index contributed by atoms with van der Waals surface area (Å²) in [6, 6.07) is 1.60. The summed E-state index contributed by atoms with van der Waals surface area (Å²) in [4.78, 5) is 12.6. The molecule has 1 fully saturated rings. The first-order valence-corrected chi connectivity index (χ1v) is 7.41. The van der Waals surface area contributed by atoms with Crippen molar-refractivity contribution in [1.82, 2.24) is 0 Å². The lowest BCUT2D eigenvalue weighted by atomic mass is 9.73. The highest BCUT2D eigenvalue weighted by atomic mass is 35.5. The van der Waals surface area contributed by atoms with E-state index in [0.717, 1.165) is 25.3 Å². The first kappa shape index (κ1) is 16.1. The predicted octanol–water partition coefficient (Wildman–Crippen LogP) is 3.79. The van der Waals surface area contributed by atoms with Crippen LogP contribution in [-0.4, -0.2) is 10.9 Å².